The first-order chi connectivity index (χ1) is 11.1. The molecule has 0 radical (unpaired) electrons. The molecule has 1 N–H and O–H groups in total. The number of fused-ring (bicyclic) bond motifs is 1. The van der Waals surface area contributed by atoms with Gasteiger partial charge in [0.05, 0.1) is 5.69 Å². The lowest BCUT2D eigenvalue weighted by Crippen LogP contribution is -2.22. The molecule has 0 bridgehead atoms. The van der Waals surface area contributed by atoms with E-state index in [0.717, 1.165) is 36.7 Å². The second-order valence-corrected chi connectivity index (χ2v) is 6.08. The Balaban J connectivity index is 1.49. The normalized spacial score (nSPS) is 14.7. The van der Waals surface area contributed by atoms with Gasteiger partial charge in [0, 0.05) is 18.3 Å². The maximum Gasteiger partial charge on any atom is 0.161 e. The lowest BCUT2D eigenvalue weighted by molar-refractivity contribution is 0.171. The average molecular weight is 315 g/mol. The molecule has 5 heteroatoms. The molecule has 1 aliphatic rings. The van der Waals surface area contributed by atoms with Gasteiger partial charge in [-0.1, -0.05) is 6.07 Å². The lowest BCUT2D eigenvalue weighted by Gasteiger charge is -2.21. The first kappa shape index (κ1) is 15.9. The summed E-state index contributed by atoms with van der Waals surface area (Å²) in [6.45, 7) is 9.47. The highest BCUT2D eigenvalue weighted by Gasteiger charge is 2.14. The highest BCUT2D eigenvalue weighted by atomic mass is 16.6. The van der Waals surface area contributed by atoms with Crippen LogP contribution in [0.3, 0.4) is 0 Å². The molecule has 5 nitrogen and oxygen atoms in total. The number of benzene rings is 1. The molecule has 1 aromatic carbocycles. The number of rotatable bonds is 6. The maximum atomic E-state index is 5.65. The van der Waals surface area contributed by atoms with E-state index in [2.05, 4.69) is 47.1 Å². The largest absolute Gasteiger partial charge is 0.486 e. The Kier molecular flexibility index (Phi) is 4.86. The summed E-state index contributed by atoms with van der Waals surface area (Å²) in [7, 11) is 0. The number of aryl methyl sites for hydroxylation is 3. The molecule has 0 fully saturated rings. The third kappa shape index (κ3) is 3.85. The van der Waals surface area contributed by atoms with Gasteiger partial charge in [0.2, 0.25) is 0 Å². The van der Waals surface area contributed by atoms with E-state index in [4.69, 9.17) is 9.47 Å². The van der Waals surface area contributed by atoms with E-state index in [1.54, 1.807) is 0 Å². The monoisotopic (exact) mass is 315 g/mol. The summed E-state index contributed by atoms with van der Waals surface area (Å²) in [4.78, 5) is 0. The minimum atomic E-state index is 0.284. The van der Waals surface area contributed by atoms with Crippen molar-refractivity contribution in [1.29, 1.82) is 0 Å². The van der Waals surface area contributed by atoms with E-state index in [9.17, 15) is 0 Å². The van der Waals surface area contributed by atoms with Crippen LogP contribution in [0.2, 0.25) is 0 Å². The molecule has 1 aromatic heterocycles. The molecule has 1 unspecified atom stereocenters. The predicted molar refractivity (Wildman–Crippen MR) is 90.2 cm³/mol. The Morgan fingerprint density at radius 2 is 1.96 bits per heavy atom. The second kappa shape index (κ2) is 7.04. The van der Waals surface area contributed by atoms with E-state index in [1.165, 1.54) is 11.3 Å². The van der Waals surface area contributed by atoms with Gasteiger partial charge in [0.25, 0.3) is 0 Å². The number of aromatic nitrogens is 2. The van der Waals surface area contributed by atoms with Gasteiger partial charge in [0.1, 0.15) is 13.2 Å². The van der Waals surface area contributed by atoms with Crippen molar-refractivity contribution >= 4 is 0 Å². The van der Waals surface area contributed by atoms with E-state index in [1.807, 2.05) is 13.0 Å². The zero-order valence-corrected chi connectivity index (χ0v) is 14.1. The van der Waals surface area contributed by atoms with Gasteiger partial charge >= 0.3 is 0 Å². The van der Waals surface area contributed by atoms with Gasteiger partial charge in [0.15, 0.2) is 11.5 Å². The van der Waals surface area contributed by atoms with Crippen molar-refractivity contribution in [3.8, 4) is 11.5 Å². The van der Waals surface area contributed by atoms with E-state index >= 15 is 0 Å². The highest BCUT2D eigenvalue weighted by Crippen LogP contribution is 2.32. The summed E-state index contributed by atoms with van der Waals surface area (Å²) in [5.41, 5.74) is 3.53. The lowest BCUT2D eigenvalue weighted by atomic mass is 10.1. The molecule has 2 heterocycles. The molecular weight excluding hydrogens is 290 g/mol. The smallest absolute Gasteiger partial charge is 0.161 e. The molecule has 23 heavy (non-hydrogen) atoms. The van der Waals surface area contributed by atoms with Gasteiger partial charge < -0.3 is 14.8 Å². The Hall–Kier alpha value is -2.01. The molecule has 3 rings (SSSR count). The topological polar surface area (TPSA) is 48.3 Å². The summed E-state index contributed by atoms with van der Waals surface area (Å²) in [5.74, 6) is 1.70. The van der Waals surface area contributed by atoms with E-state index < -0.39 is 0 Å². The fourth-order valence-corrected chi connectivity index (χ4v) is 2.90. The van der Waals surface area contributed by atoms with Crippen molar-refractivity contribution in [2.75, 3.05) is 19.8 Å². The summed E-state index contributed by atoms with van der Waals surface area (Å²) in [6.07, 6.45) is 1.05. The van der Waals surface area contributed by atoms with Gasteiger partial charge in [-0.3, -0.25) is 4.68 Å². The molecule has 124 valence electrons. The fourth-order valence-electron chi connectivity index (χ4n) is 2.90. The first-order valence-electron chi connectivity index (χ1n) is 8.27. The van der Waals surface area contributed by atoms with Crippen molar-refractivity contribution in [2.24, 2.45) is 0 Å². The number of hydrogen-bond donors (Lipinski definition) is 1. The highest BCUT2D eigenvalue weighted by molar-refractivity contribution is 5.44. The zero-order valence-electron chi connectivity index (χ0n) is 14.1. The summed E-state index contributed by atoms with van der Waals surface area (Å²) in [5, 5.41) is 8.06. The number of nitrogens with zero attached hydrogens (tertiary/aromatic N) is 2. The SMILES string of the molecule is Cc1cc(C)n(CCCNC(C)c2ccc3c(c2)OCCO3)n1. The molecule has 1 atom stereocenters. The van der Waals surface area contributed by atoms with Gasteiger partial charge in [-0.15, -0.1) is 0 Å². The van der Waals surface area contributed by atoms with Crippen molar-refractivity contribution in [3.63, 3.8) is 0 Å². The minimum absolute atomic E-state index is 0.284. The number of hydrogen-bond acceptors (Lipinski definition) is 4. The van der Waals surface area contributed by atoms with Gasteiger partial charge in [-0.25, -0.2) is 0 Å². The number of ether oxygens (including phenoxy) is 2. The van der Waals surface area contributed by atoms with Crippen LogP contribution in [0.4, 0.5) is 0 Å². The summed E-state index contributed by atoms with van der Waals surface area (Å²) in [6, 6.07) is 8.58. The van der Waals surface area contributed by atoms with Crippen molar-refractivity contribution < 1.29 is 9.47 Å². The van der Waals surface area contributed by atoms with Crippen LogP contribution in [0.15, 0.2) is 24.3 Å². The van der Waals surface area contributed by atoms with Crippen LogP contribution in [0.5, 0.6) is 11.5 Å². The molecule has 2 aromatic rings. The average Bonchev–Trinajstić information content (AvgIpc) is 2.88. The fraction of sp³-hybridized carbons (Fsp3) is 0.500. The van der Waals surface area contributed by atoms with Gasteiger partial charge in [-0.05, 0) is 57.5 Å². The van der Waals surface area contributed by atoms with Crippen LogP contribution in [-0.2, 0) is 6.54 Å². The van der Waals surface area contributed by atoms with Gasteiger partial charge in [-0.2, -0.15) is 5.10 Å². The molecule has 0 saturated heterocycles. The Morgan fingerprint density at radius 1 is 1.17 bits per heavy atom. The van der Waals surface area contributed by atoms with E-state index in [0.29, 0.717) is 13.2 Å². The summed E-state index contributed by atoms with van der Waals surface area (Å²) >= 11 is 0. The Morgan fingerprint density at radius 3 is 2.70 bits per heavy atom. The predicted octanol–water partition coefficient (Wildman–Crippen LogP) is 3.01. The molecule has 0 amide bonds. The molecule has 0 spiro atoms. The van der Waals surface area contributed by atoms with Crippen LogP contribution in [0.25, 0.3) is 0 Å². The molecule has 1 aliphatic heterocycles. The first-order valence-corrected chi connectivity index (χ1v) is 8.27. The minimum Gasteiger partial charge on any atom is -0.486 e. The quantitative estimate of drug-likeness (QED) is 0.833. The number of nitrogens with one attached hydrogen (secondary N) is 1. The molecular formula is C18H25N3O2. The van der Waals surface area contributed by atoms with Crippen molar-refractivity contribution in [1.82, 2.24) is 15.1 Å². The Bertz CT molecular complexity index is 666. The second-order valence-electron chi connectivity index (χ2n) is 6.08. The molecule has 0 aliphatic carbocycles. The molecule has 0 saturated carbocycles. The van der Waals surface area contributed by atoms with Crippen LogP contribution >= 0.6 is 0 Å². The van der Waals surface area contributed by atoms with Crippen LogP contribution in [0.1, 0.15) is 36.3 Å². The maximum absolute atomic E-state index is 5.65. The van der Waals surface area contributed by atoms with Crippen molar-refractivity contribution in [3.05, 3.63) is 41.2 Å². The summed E-state index contributed by atoms with van der Waals surface area (Å²) < 4.78 is 13.3. The third-order valence-electron chi connectivity index (χ3n) is 4.17. The van der Waals surface area contributed by atoms with Crippen LogP contribution < -0.4 is 14.8 Å². The van der Waals surface area contributed by atoms with Crippen molar-refractivity contribution in [2.45, 2.75) is 39.8 Å². The van der Waals surface area contributed by atoms with E-state index in [-0.39, 0.29) is 6.04 Å². The zero-order chi connectivity index (χ0) is 16.2. The van der Waals surface area contributed by atoms with Crippen LogP contribution in [-0.4, -0.2) is 29.5 Å². The third-order valence-corrected chi connectivity index (χ3v) is 4.17. The Labute approximate surface area is 137 Å². The van der Waals surface area contributed by atoms with Crippen LogP contribution in [0, 0.1) is 13.8 Å². The standard InChI is InChI=1S/C18H25N3O2/c1-13-11-14(2)21(20-13)8-4-7-19-15(3)16-5-6-17-18(12-16)23-10-9-22-17/h5-6,11-12,15,19H,4,7-10H2,1-3H3.